The fraction of sp³-hybridized carbons (Fsp3) is 0.688. The first-order valence-corrected chi connectivity index (χ1v) is 6.65. The average molecular weight is 234 g/mol. The molecule has 0 heterocycles. The molecule has 17 heavy (non-hydrogen) atoms. The highest BCUT2D eigenvalue weighted by atomic mass is 16.1. The minimum Gasteiger partial charge on any atom is -0.300 e. The molecule has 0 fully saturated rings. The molecule has 1 aliphatic carbocycles. The third-order valence-corrected chi connectivity index (χ3v) is 4.55. The molecular weight excluding hydrogens is 208 g/mol. The Bertz CT molecular complexity index is 358. The predicted octanol–water partition coefficient (Wildman–Crippen LogP) is 4.54. The van der Waals surface area contributed by atoms with Crippen LogP contribution >= 0.6 is 0 Å². The number of carbonyl (C=O) groups is 1. The molecule has 2 unspecified atom stereocenters. The van der Waals surface area contributed by atoms with Crippen molar-refractivity contribution in [1.82, 2.24) is 0 Å². The van der Waals surface area contributed by atoms with E-state index in [2.05, 4.69) is 39.8 Å². The Morgan fingerprint density at radius 3 is 2.59 bits per heavy atom. The van der Waals surface area contributed by atoms with Crippen LogP contribution in [0.5, 0.6) is 0 Å². The van der Waals surface area contributed by atoms with Crippen LogP contribution in [0.3, 0.4) is 0 Å². The summed E-state index contributed by atoms with van der Waals surface area (Å²) < 4.78 is 0. The average Bonchev–Trinajstić information content (AvgIpc) is 2.23. The van der Waals surface area contributed by atoms with Gasteiger partial charge < -0.3 is 0 Å². The number of rotatable bonds is 4. The van der Waals surface area contributed by atoms with Crippen molar-refractivity contribution in [2.45, 2.75) is 54.4 Å². The van der Waals surface area contributed by atoms with Crippen molar-refractivity contribution in [1.29, 1.82) is 0 Å². The predicted molar refractivity (Wildman–Crippen MR) is 73.9 cm³/mol. The van der Waals surface area contributed by atoms with Gasteiger partial charge in [0.2, 0.25) is 0 Å². The molecule has 0 aliphatic heterocycles. The molecule has 0 bridgehead atoms. The summed E-state index contributed by atoms with van der Waals surface area (Å²) in [5.74, 6) is 1.07. The molecule has 0 aromatic heterocycles. The van der Waals surface area contributed by atoms with Gasteiger partial charge in [-0.3, -0.25) is 4.79 Å². The van der Waals surface area contributed by atoms with Gasteiger partial charge in [-0.2, -0.15) is 0 Å². The molecule has 2 atom stereocenters. The summed E-state index contributed by atoms with van der Waals surface area (Å²) in [7, 11) is 0. The third-order valence-electron chi connectivity index (χ3n) is 4.55. The minimum absolute atomic E-state index is 0.187. The molecule has 0 N–H and O–H groups in total. The van der Waals surface area contributed by atoms with Gasteiger partial charge in [0.1, 0.15) is 5.78 Å². The van der Waals surface area contributed by atoms with Gasteiger partial charge in [0.05, 0.1) is 0 Å². The fourth-order valence-corrected chi connectivity index (χ4v) is 2.50. The van der Waals surface area contributed by atoms with E-state index < -0.39 is 0 Å². The van der Waals surface area contributed by atoms with E-state index in [-0.39, 0.29) is 11.3 Å². The summed E-state index contributed by atoms with van der Waals surface area (Å²) in [6.45, 7) is 12.8. The number of ketones is 1. The van der Waals surface area contributed by atoms with E-state index in [1.807, 2.05) is 6.92 Å². The first-order chi connectivity index (χ1) is 7.76. The van der Waals surface area contributed by atoms with Crippen LogP contribution in [0, 0.1) is 17.3 Å². The third kappa shape index (κ3) is 3.08. The number of allylic oxidation sites excluding steroid dienone is 4. The van der Waals surface area contributed by atoms with Gasteiger partial charge in [0.15, 0.2) is 0 Å². The largest absolute Gasteiger partial charge is 0.300 e. The van der Waals surface area contributed by atoms with E-state index in [1.54, 1.807) is 6.92 Å². The highest BCUT2D eigenvalue weighted by Crippen LogP contribution is 2.43. The van der Waals surface area contributed by atoms with E-state index in [0.717, 1.165) is 12.8 Å². The zero-order chi connectivity index (χ0) is 13.2. The van der Waals surface area contributed by atoms with Crippen molar-refractivity contribution in [3.05, 3.63) is 23.3 Å². The Labute approximate surface area is 106 Å². The summed E-state index contributed by atoms with van der Waals surface area (Å²) in [5.41, 5.74) is 3.15. The van der Waals surface area contributed by atoms with Crippen LogP contribution in [0.2, 0.25) is 0 Å². The molecule has 1 aliphatic rings. The first kappa shape index (κ1) is 14.2. The summed E-state index contributed by atoms with van der Waals surface area (Å²) in [6, 6.07) is 0. The van der Waals surface area contributed by atoms with Crippen LogP contribution in [-0.2, 0) is 4.79 Å². The smallest absolute Gasteiger partial charge is 0.132 e. The van der Waals surface area contributed by atoms with E-state index in [9.17, 15) is 4.79 Å². The molecule has 0 aromatic carbocycles. The second-order valence-corrected chi connectivity index (χ2v) is 6.08. The monoisotopic (exact) mass is 234 g/mol. The van der Waals surface area contributed by atoms with Crippen molar-refractivity contribution >= 4 is 5.78 Å². The number of hydrogen-bond donors (Lipinski definition) is 0. The Kier molecular flexibility index (Phi) is 4.35. The van der Waals surface area contributed by atoms with Crippen LogP contribution < -0.4 is 0 Å². The Morgan fingerprint density at radius 1 is 1.47 bits per heavy atom. The molecular formula is C16H26O. The maximum atomic E-state index is 11.3. The summed E-state index contributed by atoms with van der Waals surface area (Å²) in [5, 5.41) is 0. The molecule has 96 valence electrons. The van der Waals surface area contributed by atoms with Crippen molar-refractivity contribution in [2.75, 3.05) is 0 Å². The van der Waals surface area contributed by atoms with Gasteiger partial charge in [-0.25, -0.2) is 0 Å². The van der Waals surface area contributed by atoms with Gasteiger partial charge in [-0.1, -0.05) is 51.0 Å². The summed E-state index contributed by atoms with van der Waals surface area (Å²) in [4.78, 5) is 11.3. The van der Waals surface area contributed by atoms with Crippen LogP contribution in [-0.4, -0.2) is 5.78 Å². The zero-order valence-corrected chi connectivity index (χ0v) is 12.1. The lowest BCUT2D eigenvalue weighted by Gasteiger charge is -2.37. The van der Waals surface area contributed by atoms with Crippen molar-refractivity contribution in [3.63, 3.8) is 0 Å². The maximum Gasteiger partial charge on any atom is 0.132 e. The topological polar surface area (TPSA) is 17.1 Å². The number of carbonyl (C=O) groups excluding carboxylic acids is 1. The molecule has 1 rings (SSSR count). The molecule has 1 heteroatoms. The molecule has 0 amide bonds. The quantitative estimate of drug-likeness (QED) is 0.698. The lowest BCUT2D eigenvalue weighted by Crippen LogP contribution is -2.26. The first-order valence-electron chi connectivity index (χ1n) is 6.65. The standard InChI is InChI=1S/C16H26O/c1-11(14(4)17)8-10-15-12(2)7-9-13(3)16(15,5)6/h7,9,11,13H,8,10H2,1-6H3. The Morgan fingerprint density at radius 2 is 2.06 bits per heavy atom. The second kappa shape index (κ2) is 5.20. The van der Waals surface area contributed by atoms with E-state index >= 15 is 0 Å². The fourth-order valence-electron chi connectivity index (χ4n) is 2.50. The van der Waals surface area contributed by atoms with Crippen LogP contribution in [0.15, 0.2) is 23.3 Å². The number of hydrogen-bond acceptors (Lipinski definition) is 1. The normalized spacial score (nSPS) is 24.9. The molecule has 0 spiro atoms. The van der Waals surface area contributed by atoms with E-state index in [4.69, 9.17) is 0 Å². The van der Waals surface area contributed by atoms with Crippen LogP contribution in [0.4, 0.5) is 0 Å². The van der Waals surface area contributed by atoms with Crippen molar-refractivity contribution in [2.24, 2.45) is 17.3 Å². The maximum absolute atomic E-state index is 11.3. The minimum atomic E-state index is 0.187. The Hall–Kier alpha value is -0.850. The summed E-state index contributed by atoms with van der Waals surface area (Å²) >= 11 is 0. The van der Waals surface area contributed by atoms with Crippen molar-refractivity contribution in [3.8, 4) is 0 Å². The van der Waals surface area contributed by atoms with E-state index in [0.29, 0.717) is 11.7 Å². The highest BCUT2D eigenvalue weighted by molar-refractivity contribution is 5.77. The van der Waals surface area contributed by atoms with Gasteiger partial charge in [-0.15, -0.1) is 0 Å². The van der Waals surface area contributed by atoms with Crippen LogP contribution in [0.1, 0.15) is 54.4 Å². The SMILES string of the molecule is CC(=O)C(C)CCC1=C(C)C=CC(C)C1(C)C. The van der Waals surface area contributed by atoms with Crippen LogP contribution in [0.25, 0.3) is 0 Å². The molecule has 0 aromatic rings. The van der Waals surface area contributed by atoms with Crippen molar-refractivity contribution < 1.29 is 4.79 Å². The Balaban J connectivity index is 2.80. The molecule has 0 saturated carbocycles. The zero-order valence-electron chi connectivity index (χ0n) is 12.1. The van der Waals surface area contributed by atoms with Gasteiger partial charge in [0, 0.05) is 5.92 Å². The highest BCUT2D eigenvalue weighted by Gasteiger charge is 2.31. The van der Waals surface area contributed by atoms with Gasteiger partial charge in [0.25, 0.3) is 0 Å². The summed E-state index contributed by atoms with van der Waals surface area (Å²) in [6.07, 6.45) is 6.57. The lowest BCUT2D eigenvalue weighted by molar-refractivity contribution is -0.120. The van der Waals surface area contributed by atoms with Gasteiger partial charge in [-0.05, 0) is 38.0 Å². The van der Waals surface area contributed by atoms with E-state index in [1.165, 1.54) is 11.1 Å². The lowest BCUT2D eigenvalue weighted by atomic mass is 9.67. The number of Topliss-reactive ketones (excluding diaryl/α,β-unsaturated/α-hetero) is 1. The molecule has 0 radical (unpaired) electrons. The second-order valence-electron chi connectivity index (χ2n) is 6.08. The molecule has 1 nitrogen and oxygen atoms in total. The van der Waals surface area contributed by atoms with Gasteiger partial charge >= 0.3 is 0 Å². The molecule has 0 saturated heterocycles.